The van der Waals surface area contributed by atoms with Gasteiger partial charge in [-0.25, -0.2) is 14.6 Å². The van der Waals surface area contributed by atoms with Crippen molar-refractivity contribution in [1.29, 1.82) is 0 Å². The molecule has 1 aliphatic carbocycles. The van der Waals surface area contributed by atoms with Crippen LogP contribution in [-0.2, 0) is 26.0 Å². The van der Waals surface area contributed by atoms with Crippen molar-refractivity contribution in [2.24, 2.45) is 9.39 Å². The van der Waals surface area contributed by atoms with Gasteiger partial charge in [-0.2, -0.15) is 8.42 Å². The summed E-state index contributed by atoms with van der Waals surface area (Å²) in [5.41, 5.74) is 6.55. The van der Waals surface area contributed by atoms with Crippen molar-refractivity contribution in [3.8, 4) is 16.9 Å². The lowest BCUT2D eigenvalue weighted by molar-refractivity contribution is -0.139. The SMILES string of the molecule is C=N/C(=N/S(=O)(=O)c1c(C)c(C)c2c(c1C)CC(C)(C)O2)NCCC[C@H](NC(=O)OCC1c2ccccc2-c2ccccc21)C(=O)O. The number of carboxylic acid groups (broad SMARTS) is 1. The first-order chi connectivity index (χ1) is 22.2. The fourth-order valence-corrected chi connectivity index (χ4v) is 7.95. The summed E-state index contributed by atoms with van der Waals surface area (Å²) in [6, 6.07) is 14.6. The molecule has 0 saturated heterocycles. The number of sulfonamides is 1. The molecule has 1 aliphatic heterocycles. The number of rotatable bonds is 10. The third-order valence-corrected chi connectivity index (χ3v) is 10.3. The molecule has 47 heavy (non-hydrogen) atoms. The Bertz CT molecular complexity index is 1840. The van der Waals surface area contributed by atoms with E-state index in [4.69, 9.17) is 9.47 Å². The lowest BCUT2D eigenvalue weighted by Crippen LogP contribution is -2.42. The van der Waals surface area contributed by atoms with Crippen LogP contribution in [0.15, 0.2) is 62.8 Å². The summed E-state index contributed by atoms with van der Waals surface area (Å²) in [4.78, 5) is 28.5. The number of carbonyl (C=O) groups excluding carboxylic acids is 1. The Hall–Kier alpha value is -4.71. The molecule has 0 saturated carbocycles. The minimum Gasteiger partial charge on any atom is -0.487 e. The van der Waals surface area contributed by atoms with Crippen LogP contribution < -0.4 is 15.4 Å². The van der Waals surface area contributed by atoms with E-state index in [2.05, 4.69) is 26.7 Å². The monoisotopic (exact) mass is 660 g/mol. The largest absolute Gasteiger partial charge is 0.487 e. The van der Waals surface area contributed by atoms with E-state index in [1.165, 1.54) is 0 Å². The van der Waals surface area contributed by atoms with Crippen LogP contribution in [0, 0.1) is 20.8 Å². The number of benzene rings is 3. The van der Waals surface area contributed by atoms with Crippen molar-refractivity contribution in [3.63, 3.8) is 0 Å². The number of hydrogen-bond acceptors (Lipinski definition) is 6. The Morgan fingerprint density at radius 2 is 1.66 bits per heavy atom. The predicted molar refractivity (Wildman–Crippen MR) is 180 cm³/mol. The van der Waals surface area contributed by atoms with Crippen LogP contribution in [0.2, 0.25) is 0 Å². The fourth-order valence-electron chi connectivity index (χ4n) is 6.45. The average Bonchev–Trinajstić information content (AvgIpc) is 3.53. The summed E-state index contributed by atoms with van der Waals surface area (Å²) in [5.74, 6) is -0.876. The standard InChI is InChI=1S/C35H40N4O7S/c1-20-21(2)31(22(3)27-18-35(4,5)46-30(20)27)47(43,44)39-33(36-6)37-17-11-16-29(32(40)41)38-34(42)45-19-28-25-14-9-7-12-23(25)24-13-8-10-15-26(24)28/h7-10,12-15,28-29H,6,11,16-19H2,1-5H3,(H,37,39)(H,38,42)(H,40,41)/t29-/m0/s1. The zero-order valence-electron chi connectivity index (χ0n) is 27.2. The number of alkyl carbamates (subject to hydrolysis) is 1. The molecule has 0 bridgehead atoms. The molecule has 3 N–H and O–H groups in total. The van der Waals surface area contributed by atoms with Crippen LogP contribution in [0.4, 0.5) is 4.79 Å². The summed E-state index contributed by atoms with van der Waals surface area (Å²) in [6.07, 6.45) is 0.0260. The number of fused-ring (bicyclic) bond motifs is 4. The van der Waals surface area contributed by atoms with E-state index < -0.39 is 33.7 Å². The third kappa shape index (κ3) is 6.87. The van der Waals surface area contributed by atoms with E-state index in [0.29, 0.717) is 23.3 Å². The molecule has 1 atom stereocenters. The maximum Gasteiger partial charge on any atom is 0.407 e. The molecule has 1 heterocycles. The van der Waals surface area contributed by atoms with Crippen LogP contribution in [-0.4, -0.2) is 63.1 Å². The highest BCUT2D eigenvalue weighted by Crippen LogP contribution is 2.45. The Kier molecular flexibility index (Phi) is 9.44. The second kappa shape index (κ2) is 13.2. The maximum atomic E-state index is 13.5. The molecule has 0 unspecified atom stereocenters. The quantitative estimate of drug-likeness (QED) is 0.148. The van der Waals surface area contributed by atoms with Crippen molar-refractivity contribution >= 4 is 34.8 Å². The number of carbonyl (C=O) groups is 2. The number of aliphatic imine (C=N–C) groups is 1. The zero-order valence-corrected chi connectivity index (χ0v) is 28.0. The van der Waals surface area contributed by atoms with Crippen LogP contribution in [0.25, 0.3) is 11.1 Å². The van der Waals surface area contributed by atoms with E-state index in [9.17, 15) is 23.1 Å². The molecule has 5 rings (SSSR count). The van der Waals surface area contributed by atoms with Gasteiger partial charge in [-0.3, -0.25) is 0 Å². The maximum absolute atomic E-state index is 13.5. The number of nitrogens with zero attached hydrogens (tertiary/aromatic N) is 2. The number of aliphatic carboxylic acids is 1. The molecule has 2 aliphatic rings. The third-order valence-electron chi connectivity index (χ3n) is 8.79. The number of amides is 1. The predicted octanol–water partition coefficient (Wildman–Crippen LogP) is 5.43. The molecular weight excluding hydrogens is 620 g/mol. The smallest absolute Gasteiger partial charge is 0.407 e. The lowest BCUT2D eigenvalue weighted by atomic mass is 9.94. The Labute approximate surface area is 275 Å². The average molecular weight is 661 g/mol. The second-order valence-corrected chi connectivity index (χ2v) is 14.1. The summed E-state index contributed by atoms with van der Waals surface area (Å²) >= 11 is 0. The van der Waals surface area contributed by atoms with Crippen LogP contribution in [0.3, 0.4) is 0 Å². The Morgan fingerprint density at radius 3 is 2.26 bits per heavy atom. The van der Waals surface area contributed by atoms with Gasteiger partial charge in [0.25, 0.3) is 10.0 Å². The van der Waals surface area contributed by atoms with E-state index in [1.54, 1.807) is 13.8 Å². The molecule has 12 heteroatoms. The second-order valence-electron chi connectivity index (χ2n) is 12.5. The van der Waals surface area contributed by atoms with Crippen molar-refractivity contribution in [2.45, 2.75) is 76.3 Å². The lowest BCUT2D eigenvalue weighted by Gasteiger charge is -2.18. The van der Waals surface area contributed by atoms with Crippen LogP contribution >= 0.6 is 0 Å². The molecule has 0 spiro atoms. The van der Waals surface area contributed by atoms with Gasteiger partial charge in [-0.05, 0) is 93.1 Å². The van der Waals surface area contributed by atoms with E-state index >= 15 is 0 Å². The van der Waals surface area contributed by atoms with Crippen molar-refractivity contribution in [2.75, 3.05) is 13.2 Å². The van der Waals surface area contributed by atoms with Crippen molar-refractivity contribution in [1.82, 2.24) is 10.6 Å². The summed E-state index contributed by atoms with van der Waals surface area (Å²) in [7, 11) is -4.18. The minimum absolute atomic E-state index is 0.0434. The molecular formula is C35H40N4O7S. The Balaban J connectivity index is 1.18. The number of ether oxygens (including phenoxy) is 2. The van der Waals surface area contributed by atoms with Crippen LogP contribution in [0.5, 0.6) is 5.75 Å². The first-order valence-corrected chi connectivity index (χ1v) is 16.9. The molecule has 11 nitrogen and oxygen atoms in total. The summed E-state index contributed by atoms with van der Waals surface area (Å²) in [5, 5.41) is 15.0. The van der Waals surface area contributed by atoms with Gasteiger partial charge >= 0.3 is 12.1 Å². The first-order valence-electron chi connectivity index (χ1n) is 15.5. The molecule has 0 aromatic heterocycles. The first kappa shape index (κ1) is 33.6. The number of carboxylic acids is 1. The van der Waals surface area contributed by atoms with Gasteiger partial charge in [0, 0.05) is 24.4 Å². The molecule has 0 radical (unpaired) electrons. The number of hydrogen-bond donors (Lipinski definition) is 3. The normalized spacial score (nSPS) is 15.6. The number of nitrogens with one attached hydrogen (secondary N) is 2. The van der Waals surface area contributed by atoms with Gasteiger partial charge in [0.05, 0.1) is 4.90 Å². The molecule has 3 aromatic carbocycles. The highest BCUT2D eigenvalue weighted by atomic mass is 32.2. The van der Waals surface area contributed by atoms with Gasteiger partial charge in [-0.1, -0.05) is 48.5 Å². The topological polar surface area (TPSA) is 156 Å². The molecule has 1 amide bonds. The van der Waals surface area contributed by atoms with Crippen molar-refractivity contribution < 1.29 is 32.6 Å². The molecule has 0 fully saturated rings. The summed E-state index contributed by atoms with van der Waals surface area (Å²) in [6.45, 7) is 12.9. The Morgan fingerprint density at radius 1 is 1.04 bits per heavy atom. The number of guanidine groups is 1. The van der Waals surface area contributed by atoms with Gasteiger partial charge in [-0.15, -0.1) is 4.40 Å². The van der Waals surface area contributed by atoms with E-state index in [0.717, 1.165) is 33.4 Å². The highest BCUT2D eigenvalue weighted by molar-refractivity contribution is 7.90. The van der Waals surface area contributed by atoms with E-state index in [1.807, 2.05) is 69.3 Å². The zero-order chi connectivity index (χ0) is 34.1. The van der Waals surface area contributed by atoms with Gasteiger partial charge in [0.15, 0.2) is 0 Å². The van der Waals surface area contributed by atoms with Crippen molar-refractivity contribution in [3.05, 3.63) is 81.9 Å². The van der Waals surface area contributed by atoms with Crippen LogP contribution in [0.1, 0.15) is 66.0 Å². The van der Waals surface area contributed by atoms with Gasteiger partial charge in [0.1, 0.15) is 24.0 Å². The molecule has 248 valence electrons. The highest BCUT2D eigenvalue weighted by Gasteiger charge is 2.37. The summed E-state index contributed by atoms with van der Waals surface area (Å²) < 4.78 is 42.5. The van der Waals surface area contributed by atoms with Gasteiger partial charge < -0.3 is 25.2 Å². The van der Waals surface area contributed by atoms with Gasteiger partial charge in [0.2, 0.25) is 5.96 Å². The minimum atomic E-state index is -4.18. The fraction of sp³-hybridized carbons (Fsp3) is 0.371. The molecule has 3 aromatic rings. The van der Waals surface area contributed by atoms with E-state index in [-0.39, 0.29) is 42.8 Å².